The van der Waals surface area contributed by atoms with Crippen molar-refractivity contribution >= 4 is 11.5 Å². The van der Waals surface area contributed by atoms with E-state index in [0.717, 1.165) is 0 Å². The van der Waals surface area contributed by atoms with Crippen molar-refractivity contribution < 1.29 is 4.92 Å². The zero-order valence-corrected chi connectivity index (χ0v) is 8.23. The molecule has 0 unspecified atom stereocenters. The quantitative estimate of drug-likeness (QED) is 0.516. The van der Waals surface area contributed by atoms with Crippen molar-refractivity contribution in [3.8, 4) is 0 Å². The number of nitrogens with one attached hydrogen (secondary N) is 2. The van der Waals surface area contributed by atoms with E-state index in [1.54, 1.807) is 6.92 Å². The number of nitro groups is 1. The summed E-state index contributed by atoms with van der Waals surface area (Å²) in [5, 5.41) is 13.2. The third-order valence-electron chi connectivity index (χ3n) is 1.82. The molecule has 1 aromatic heterocycles. The predicted octanol–water partition coefficient (Wildman–Crippen LogP) is -0.586. The number of aromatic amines is 1. The van der Waals surface area contributed by atoms with Crippen LogP contribution in [0.2, 0.25) is 0 Å². The predicted molar refractivity (Wildman–Crippen MR) is 53.1 cm³/mol. The molecule has 0 aliphatic rings. The van der Waals surface area contributed by atoms with E-state index in [2.05, 4.69) is 10.3 Å². The molecule has 0 amide bonds. The summed E-state index contributed by atoms with van der Waals surface area (Å²) < 4.78 is 0.652. The minimum atomic E-state index is -0.931. The first kappa shape index (κ1) is 11.0. The van der Waals surface area contributed by atoms with Gasteiger partial charge in [-0.2, -0.15) is 0 Å². The lowest BCUT2D eigenvalue weighted by atomic mass is 10.4. The number of hydrogen-bond acceptors (Lipinski definition) is 5. The molecule has 0 radical (unpaired) electrons. The molecule has 0 fully saturated rings. The third kappa shape index (κ3) is 1.87. The number of hydrogen-bond donors (Lipinski definition) is 2. The fourth-order valence-corrected chi connectivity index (χ4v) is 1.08. The maximum atomic E-state index is 11.4. The van der Waals surface area contributed by atoms with Gasteiger partial charge in [0.2, 0.25) is 0 Å². The average molecular weight is 214 g/mol. The van der Waals surface area contributed by atoms with E-state index in [4.69, 9.17) is 0 Å². The van der Waals surface area contributed by atoms with Crippen molar-refractivity contribution in [1.82, 2.24) is 9.55 Å². The molecule has 0 bridgehead atoms. The normalized spacial score (nSPS) is 10.0. The number of nitrogens with zero attached hydrogens (tertiary/aromatic N) is 2. The summed E-state index contributed by atoms with van der Waals surface area (Å²) in [6.07, 6.45) is 0. The second-order valence-electron chi connectivity index (χ2n) is 2.81. The van der Waals surface area contributed by atoms with Gasteiger partial charge in [0.15, 0.2) is 5.82 Å². The van der Waals surface area contributed by atoms with E-state index in [9.17, 15) is 19.7 Å². The minimum Gasteiger partial charge on any atom is -0.366 e. The van der Waals surface area contributed by atoms with E-state index in [1.807, 2.05) is 0 Å². The molecule has 15 heavy (non-hydrogen) atoms. The summed E-state index contributed by atoms with van der Waals surface area (Å²) in [4.78, 5) is 34.6. The molecule has 2 N–H and O–H groups in total. The molecule has 0 aliphatic carbocycles. The van der Waals surface area contributed by atoms with Gasteiger partial charge in [-0.1, -0.05) is 0 Å². The smallest absolute Gasteiger partial charge is 0.366 e. The Bertz CT molecular complexity index is 501. The van der Waals surface area contributed by atoms with Crippen molar-refractivity contribution in [3.63, 3.8) is 0 Å². The second-order valence-corrected chi connectivity index (χ2v) is 2.81. The van der Waals surface area contributed by atoms with Gasteiger partial charge in [-0.25, -0.2) is 4.79 Å². The van der Waals surface area contributed by atoms with Gasteiger partial charge in [0.1, 0.15) is 0 Å². The van der Waals surface area contributed by atoms with E-state index in [0.29, 0.717) is 11.1 Å². The molecule has 82 valence electrons. The lowest BCUT2D eigenvalue weighted by Gasteiger charge is -2.04. The van der Waals surface area contributed by atoms with Crippen LogP contribution < -0.4 is 16.6 Å². The first-order valence-corrected chi connectivity index (χ1v) is 4.20. The Morgan fingerprint density at radius 2 is 2.13 bits per heavy atom. The molecule has 0 saturated carbocycles. The highest BCUT2D eigenvalue weighted by atomic mass is 16.6. The topological polar surface area (TPSA) is 110 Å². The lowest BCUT2D eigenvalue weighted by Crippen LogP contribution is -2.35. The largest absolute Gasteiger partial charge is 0.374 e. The maximum Gasteiger partial charge on any atom is 0.374 e. The number of aromatic nitrogens is 2. The number of H-pyrrole nitrogens is 1. The Balaban J connectivity index is 3.58. The minimum absolute atomic E-state index is 0.157. The summed E-state index contributed by atoms with van der Waals surface area (Å²) in [6.45, 7) is 2.06. The molecule has 0 aliphatic heterocycles. The second kappa shape index (κ2) is 3.95. The van der Waals surface area contributed by atoms with Crippen LogP contribution in [0.15, 0.2) is 9.59 Å². The third-order valence-corrected chi connectivity index (χ3v) is 1.82. The van der Waals surface area contributed by atoms with Crippen LogP contribution in [0.1, 0.15) is 6.92 Å². The average Bonchev–Trinajstić information content (AvgIpc) is 2.14. The molecule has 0 aromatic carbocycles. The van der Waals surface area contributed by atoms with Crippen LogP contribution in [0.5, 0.6) is 0 Å². The van der Waals surface area contributed by atoms with Gasteiger partial charge in [0.05, 0.1) is 4.92 Å². The van der Waals surface area contributed by atoms with Crippen molar-refractivity contribution in [1.29, 1.82) is 0 Å². The Morgan fingerprint density at radius 1 is 1.53 bits per heavy atom. The van der Waals surface area contributed by atoms with Gasteiger partial charge < -0.3 is 5.32 Å². The summed E-state index contributed by atoms with van der Waals surface area (Å²) >= 11 is 0. The van der Waals surface area contributed by atoms with E-state index < -0.39 is 21.9 Å². The molecule has 1 rings (SSSR count). The molecule has 0 saturated heterocycles. The SMILES string of the molecule is CCNc1[nH]c(=O)n(C)c(=O)c1[N+](=O)[O-]. The van der Waals surface area contributed by atoms with Gasteiger partial charge in [0.25, 0.3) is 0 Å². The first-order valence-electron chi connectivity index (χ1n) is 4.20. The zero-order chi connectivity index (χ0) is 11.6. The standard InChI is InChI=1S/C7H10N4O4/c1-3-8-5-4(11(14)15)6(12)10(2)7(13)9-5/h8H,3H2,1-2H3,(H,9,13). The number of anilines is 1. The van der Waals surface area contributed by atoms with Crippen LogP contribution in [0.25, 0.3) is 0 Å². The highest BCUT2D eigenvalue weighted by Gasteiger charge is 2.22. The molecule has 8 nitrogen and oxygen atoms in total. The van der Waals surface area contributed by atoms with Crippen LogP contribution in [0, 0.1) is 10.1 Å². The maximum absolute atomic E-state index is 11.4. The molecule has 8 heteroatoms. The summed E-state index contributed by atoms with van der Waals surface area (Å²) in [5.41, 5.74) is -2.28. The molecule has 0 spiro atoms. The zero-order valence-electron chi connectivity index (χ0n) is 8.23. The van der Waals surface area contributed by atoms with Crippen molar-refractivity contribution in [2.24, 2.45) is 7.05 Å². The Kier molecular flexibility index (Phi) is 2.88. The van der Waals surface area contributed by atoms with Gasteiger partial charge in [0, 0.05) is 13.6 Å². The van der Waals surface area contributed by atoms with E-state index in [1.165, 1.54) is 7.05 Å². The number of rotatable bonds is 3. The molecular weight excluding hydrogens is 204 g/mol. The summed E-state index contributed by atoms with van der Waals surface area (Å²) in [7, 11) is 1.17. The molecular formula is C7H10N4O4. The monoisotopic (exact) mass is 214 g/mol. The van der Waals surface area contributed by atoms with Crippen LogP contribution in [0.4, 0.5) is 11.5 Å². The van der Waals surface area contributed by atoms with Gasteiger partial charge in [-0.3, -0.25) is 24.5 Å². The van der Waals surface area contributed by atoms with Crippen molar-refractivity contribution in [2.45, 2.75) is 6.92 Å². The van der Waals surface area contributed by atoms with E-state index >= 15 is 0 Å². The van der Waals surface area contributed by atoms with E-state index in [-0.39, 0.29) is 5.82 Å². The Morgan fingerprint density at radius 3 is 2.60 bits per heavy atom. The fraction of sp³-hybridized carbons (Fsp3) is 0.429. The highest BCUT2D eigenvalue weighted by molar-refractivity contribution is 5.53. The lowest BCUT2D eigenvalue weighted by molar-refractivity contribution is -0.385. The van der Waals surface area contributed by atoms with Crippen LogP contribution in [-0.2, 0) is 7.05 Å². The van der Waals surface area contributed by atoms with Gasteiger partial charge in [-0.05, 0) is 6.92 Å². The summed E-state index contributed by atoms with van der Waals surface area (Å²) in [6, 6.07) is 0. The fourth-order valence-electron chi connectivity index (χ4n) is 1.08. The van der Waals surface area contributed by atoms with Crippen molar-refractivity contribution in [2.75, 3.05) is 11.9 Å². The molecule has 1 heterocycles. The molecule has 1 aromatic rings. The molecule has 0 atom stereocenters. The Hall–Kier alpha value is -2.12. The highest BCUT2D eigenvalue weighted by Crippen LogP contribution is 2.13. The summed E-state index contributed by atoms with van der Waals surface area (Å²) in [5.74, 6) is -0.157. The van der Waals surface area contributed by atoms with Gasteiger partial charge in [-0.15, -0.1) is 0 Å². The van der Waals surface area contributed by atoms with Crippen LogP contribution >= 0.6 is 0 Å². The first-order chi connectivity index (χ1) is 6.99. The van der Waals surface area contributed by atoms with Gasteiger partial charge >= 0.3 is 16.9 Å². The Labute approximate surface area is 83.7 Å². The van der Waals surface area contributed by atoms with Crippen LogP contribution in [-0.4, -0.2) is 21.0 Å². The van der Waals surface area contributed by atoms with Crippen LogP contribution in [0.3, 0.4) is 0 Å². The van der Waals surface area contributed by atoms with Crippen molar-refractivity contribution in [3.05, 3.63) is 31.0 Å².